The van der Waals surface area contributed by atoms with Crippen molar-refractivity contribution in [2.45, 2.75) is 6.54 Å². The summed E-state index contributed by atoms with van der Waals surface area (Å²) in [6, 6.07) is 9.73. The van der Waals surface area contributed by atoms with Crippen molar-refractivity contribution < 1.29 is 9.90 Å². The van der Waals surface area contributed by atoms with Crippen molar-refractivity contribution in [1.82, 2.24) is 4.98 Å². The minimum absolute atomic E-state index is 0.720. The van der Waals surface area contributed by atoms with E-state index >= 15 is 0 Å². The summed E-state index contributed by atoms with van der Waals surface area (Å²) in [6.45, 7) is 0.720. The van der Waals surface area contributed by atoms with Crippen molar-refractivity contribution in [3.63, 3.8) is 0 Å². The Morgan fingerprint density at radius 3 is 2.71 bits per heavy atom. The van der Waals surface area contributed by atoms with E-state index in [2.05, 4.69) is 25.8 Å². The Morgan fingerprint density at radius 1 is 1.33 bits per heavy atom. The number of aliphatic carboxylic acids is 1. The predicted octanol–water partition coefficient (Wildman–Crippen LogP) is 3.58. The number of nitrogens with zero attached hydrogens (tertiary/aromatic N) is 2. The minimum Gasteiger partial charge on any atom is -0.478 e. The van der Waals surface area contributed by atoms with Gasteiger partial charge in [-0.3, -0.25) is 4.98 Å². The number of pyridine rings is 1. The second-order valence-electron chi connectivity index (χ2n) is 4.59. The zero-order valence-corrected chi connectivity index (χ0v) is 13.1. The van der Waals surface area contributed by atoms with Crippen LogP contribution in [0.4, 0.5) is 5.69 Å². The Labute approximate surface area is 131 Å². The summed E-state index contributed by atoms with van der Waals surface area (Å²) in [4.78, 5) is 16.8. The molecule has 5 heteroatoms. The Kier molecular flexibility index (Phi) is 5.11. The van der Waals surface area contributed by atoms with Gasteiger partial charge in [-0.2, -0.15) is 0 Å². The van der Waals surface area contributed by atoms with Gasteiger partial charge in [-0.1, -0.05) is 15.9 Å². The van der Waals surface area contributed by atoms with Crippen LogP contribution < -0.4 is 4.90 Å². The number of carboxylic acids is 1. The van der Waals surface area contributed by atoms with E-state index in [1.807, 2.05) is 37.4 Å². The number of hydrogen-bond acceptors (Lipinski definition) is 3. The van der Waals surface area contributed by atoms with Crippen LogP contribution in [-0.4, -0.2) is 23.1 Å². The first-order chi connectivity index (χ1) is 10.1. The van der Waals surface area contributed by atoms with Crippen LogP contribution in [0.15, 0.2) is 53.3 Å². The highest BCUT2D eigenvalue weighted by molar-refractivity contribution is 9.10. The van der Waals surface area contributed by atoms with E-state index in [0.29, 0.717) is 0 Å². The Balaban J connectivity index is 2.27. The first-order valence-electron chi connectivity index (χ1n) is 6.37. The van der Waals surface area contributed by atoms with Crippen LogP contribution in [0.1, 0.15) is 11.1 Å². The SMILES string of the molecule is CN(Cc1ccncc1)c1ccc(Br)cc1/C=C/C(=O)O. The summed E-state index contributed by atoms with van der Waals surface area (Å²) in [5.41, 5.74) is 2.96. The molecule has 0 amide bonds. The third-order valence-electron chi connectivity index (χ3n) is 2.98. The Hall–Kier alpha value is -2.14. The van der Waals surface area contributed by atoms with E-state index in [9.17, 15) is 4.79 Å². The molecule has 0 atom stereocenters. The van der Waals surface area contributed by atoms with Crippen LogP contribution in [0.5, 0.6) is 0 Å². The molecule has 1 N–H and O–H groups in total. The molecule has 0 aliphatic heterocycles. The van der Waals surface area contributed by atoms with Crippen LogP contribution in [0.3, 0.4) is 0 Å². The fourth-order valence-corrected chi connectivity index (χ4v) is 2.39. The molecule has 2 rings (SSSR count). The fourth-order valence-electron chi connectivity index (χ4n) is 2.01. The molecule has 0 saturated carbocycles. The van der Waals surface area contributed by atoms with Crippen LogP contribution in [-0.2, 0) is 11.3 Å². The minimum atomic E-state index is -0.960. The zero-order valence-electron chi connectivity index (χ0n) is 11.5. The summed E-state index contributed by atoms with van der Waals surface area (Å²) in [6.07, 6.45) is 6.27. The molecule has 0 saturated heterocycles. The van der Waals surface area contributed by atoms with Gasteiger partial charge in [0.2, 0.25) is 0 Å². The quantitative estimate of drug-likeness (QED) is 0.840. The Bertz CT molecular complexity index is 657. The predicted molar refractivity (Wildman–Crippen MR) is 87.2 cm³/mol. The number of carbonyl (C=O) groups is 1. The van der Waals surface area contributed by atoms with Crippen LogP contribution in [0, 0.1) is 0 Å². The normalized spacial score (nSPS) is 10.8. The molecule has 0 aliphatic carbocycles. The highest BCUT2D eigenvalue weighted by Gasteiger charge is 2.07. The standard InChI is InChI=1S/C16H15BrN2O2/c1-19(11-12-6-8-18-9-7-12)15-4-3-14(17)10-13(15)2-5-16(20)21/h2-10H,11H2,1H3,(H,20,21)/b5-2+. The van der Waals surface area contributed by atoms with Crippen molar-refractivity contribution in [2.75, 3.05) is 11.9 Å². The molecule has 0 unspecified atom stereocenters. The third-order valence-corrected chi connectivity index (χ3v) is 3.47. The van der Waals surface area contributed by atoms with Crippen LogP contribution in [0.2, 0.25) is 0 Å². The van der Waals surface area contributed by atoms with Gasteiger partial charge in [0.15, 0.2) is 0 Å². The van der Waals surface area contributed by atoms with E-state index in [4.69, 9.17) is 5.11 Å². The van der Waals surface area contributed by atoms with Gasteiger partial charge in [-0.15, -0.1) is 0 Å². The lowest BCUT2D eigenvalue weighted by Gasteiger charge is -2.22. The molecular weight excluding hydrogens is 332 g/mol. The highest BCUT2D eigenvalue weighted by atomic mass is 79.9. The number of anilines is 1. The summed E-state index contributed by atoms with van der Waals surface area (Å²) < 4.78 is 0.911. The maximum Gasteiger partial charge on any atom is 0.328 e. The third kappa shape index (κ3) is 4.43. The van der Waals surface area contributed by atoms with Crippen molar-refractivity contribution >= 4 is 33.7 Å². The topological polar surface area (TPSA) is 53.4 Å². The zero-order chi connectivity index (χ0) is 15.2. The summed E-state index contributed by atoms with van der Waals surface area (Å²) in [5.74, 6) is -0.960. The molecule has 2 aromatic rings. The maximum atomic E-state index is 10.7. The second kappa shape index (κ2) is 7.04. The molecule has 0 aliphatic rings. The van der Waals surface area contributed by atoms with Crippen molar-refractivity contribution in [1.29, 1.82) is 0 Å². The van der Waals surface area contributed by atoms with E-state index in [0.717, 1.165) is 33.9 Å². The van der Waals surface area contributed by atoms with E-state index in [-0.39, 0.29) is 0 Å². The van der Waals surface area contributed by atoms with Crippen molar-refractivity contribution in [2.24, 2.45) is 0 Å². The van der Waals surface area contributed by atoms with Gasteiger partial charge in [-0.05, 0) is 47.5 Å². The lowest BCUT2D eigenvalue weighted by atomic mass is 10.1. The van der Waals surface area contributed by atoms with Gasteiger partial charge in [0.25, 0.3) is 0 Å². The number of aromatic nitrogens is 1. The van der Waals surface area contributed by atoms with Gasteiger partial charge < -0.3 is 10.0 Å². The number of carboxylic acid groups (broad SMARTS) is 1. The smallest absolute Gasteiger partial charge is 0.328 e. The summed E-state index contributed by atoms with van der Waals surface area (Å²) >= 11 is 3.41. The monoisotopic (exact) mass is 346 g/mol. The van der Waals surface area contributed by atoms with Gasteiger partial charge in [0.05, 0.1) is 0 Å². The number of halogens is 1. The largest absolute Gasteiger partial charge is 0.478 e. The van der Waals surface area contributed by atoms with Gasteiger partial charge in [0, 0.05) is 42.2 Å². The molecule has 1 aromatic heterocycles. The van der Waals surface area contributed by atoms with E-state index in [1.54, 1.807) is 18.5 Å². The molecule has 0 bridgehead atoms. The first kappa shape index (κ1) is 15.3. The number of benzene rings is 1. The second-order valence-corrected chi connectivity index (χ2v) is 5.50. The summed E-state index contributed by atoms with van der Waals surface area (Å²) in [5, 5.41) is 8.79. The average molecular weight is 347 g/mol. The van der Waals surface area contributed by atoms with Gasteiger partial charge in [-0.25, -0.2) is 4.79 Å². The molecule has 0 radical (unpaired) electrons. The molecule has 0 spiro atoms. The lowest BCUT2D eigenvalue weighted by Crippen LogP contribution is -2.17. The molecule has 1 heterocycles. The van der Waals surface area contributed by atoms with Gasteiger partial charge in [0.1, 0.15) is 0 Å². The number of hydrogen-bond donors (Lipinski definition) is 1. The van der Waals surface area contributed by atoms with Crippen LogP contribution >= 0.6 is 15.9 Å². The Morgan fingerprint density at radius 2 is 2.05 bits per heavy atom. The molecular formula is C16H15BrN2O2. The van der Waals surface area contributed by atoms with Crippen LogP contribution in [0.25, 0.3) is 6.08 Å². The molecule has 21 heavy (non-hydrogen) atoms. The van der Waals surface area contributed by atoms with Gasteiger partial charge >= 0.3 is 5.97 Å². The first-order valence-corrected chi connectivity index (χ1v) is 7.16. The van der Waals surface area contributed by atoms with Crippen molar-refractivity contribution in [3.05, 3.63) is 64.4 Å². The molecule has 108 valence electrons. The van der Waals surface area contributed by atoms with Crippen molar-refractivity contribution in [3.8, 4) is 0 Å². The lowest BCUT2D eigenvalue weighted by molar-refractivity contribution is -0.131. The summed E-state index contributed by atoms with van der Waals surface area (Å²) in [7, 11) is 1.97. The number of rotatable bonds is 5. The molecule has 4 nitrogen and oxygen atoms in total. The maximum absolute atomic E-state index is 10.7. The fraction of sp³-hybridized carbons (Fsp3) is 0.125. The highest BCUT2D eigenvalue weighted by Crippen LogP contribution is 2.26. The van der Waals surface area contributed by atoms with E-state index < -0.39 is 5.97 Å². The van der Waals surface area contributed by atoms with E-state index in [1.165, 1.54) is 0 Å². The molecule has 0 fully saturated rings. The average Bonchev–Trinajstić information content (AvgIpc) is 2.46. The molecule has 1 aromatic carbocycles.